The van der Waals surface area contributed by atoms with Crippen molar-refractivity contribution in [2.24, 2.45) is 5.92 Å². The molecule has 2 aromatic rings. The third kappa shape index (κ3) is 4.52. The van der Waals surface area contributed by atoms with Crippen LogP contribution in [0, 0.1) is 12.8 Å². The van der Waals surface area contributed by atoms with Gasteiger partial charge in [-0.25, -0.2) is 0 Å². The van der Waals surface area contributed by atoms with E-state index in [1.807, 2.05) is 24.0 Å². The Bertz CT molecular complexity index is 832. The highest BCUT2D eigenvalue weighted by Gasteiger charge is 2.32. The van der Waals surface area contributed by atoms with E-state index in [1.54, 1.807) is 0 Å². The number of hydrogen-bond acceptors (Lipinski definition) is 5. The fraction of sp³-hybridized carbons (Fsp3) is 0.421. The minimum atomic E-state index is -4.49. The average molecular weight is 394 g/mol. The van der Waals surface area contributed by atoms with Crippen molar-refractivity contribution >= 4 is 17.4 Å². The van der Waals surface area contributed by atoms with Gasteiger partial charge in [0.25, 0.3) is 0 Å². The summed E-state index contributed by atoms with van der Waals surface area (Å²) in [4.78, 5) is 14.6. The monoisotopic (exact) mass is 394 g/mol. The van der Waals surface area contributed by atoms with Crippen LogP contribution in [-0.2, 0) is 11.0 Å². The summed E-state index contributed by atoms with van der Waals surface area (Å²) in [7, 11) is 1.35. The molecule has 0 aliphatic carbocycles. The van der Waals surface area contributed by atoms with Gasteiger partial charge in [0, 0.05) is 19.0 Å². The number of piperidine rings is 1. The molecule has 0 radical (unpaired) electrons. The topological polar surface area (TPSA) is 67.3 Å². The largest absolute Gasteiger partial charge is 0.495 e. The van der Waals surface area contributed by atoms with Crippen LogP contribution in [0.3, 0.4) is 0 Å². The van der Waals surface area contributed by atoms with Crippen molar-refractivity contribution in [2.75, 3.05) is 30.4 Å². The number of nitrogens with one attached hydrogen (secondary N) is 1. The second kappa shape index (κ2) is 8.04. The van der Waals surface area contributed by atoms with E-state index < -0.39 is 11.7 Å². The predicted octanol–water partition coefficient (Wildman–Crippen LogP) is 3.67. The van der Waals surface area contributed by atoms with Crippen LogP contribution in [-0.4, -0.2) is 36.3 Å². The Morgan fingerprint density at radius 2 is 1.89 bits per heavy atom. The summed E-state index contributed by atoms with van der Waals surface area (Å²) in [6, 6.07) is 6.79. The number of aryl methyl sites for hydroxylation is 1. The van der Waals surface area contributed by atoms with Crippen LogP contribution in [0.1, 0.15) is 24.1 Å². The number of ether oxygens (including phenoxy) is 1. The van der Waals surface area contributed by atoms with Gasteiger partial charge in [0.15, 0.2) is 5.82 Å². The predicted molar refractivity (Wildman–Crippen MR) is 98.3 cm³/mol. The molecule has 0 spiro atoms. The highest BCUT2D eigenvalue weighted by atomic mass is 19.4. The lowest BCUT2D eigenvalue weighted by atomic mass is 9.95. The molecule has 6 nitrogen and oxygen atoms in total. The van der Waals surface area contributed by atoms with E-state index in [0.29, 0.717) is 25.9 Å². The van der Waals surface area contributed by atoms with Crippen LogP contribution in [0.4, 0.5) is 24.7 Å². The Hall–Kier alpha value is -2.84. The van der Waals surface area contributed by atoms with Gasteiger partial charge in [0.05, 0.1) is 24.1 Å². The van der Waals surface area contributed by atoms with Gasteiger partial charge in [0.2, 0.25) is 5.91 Å². The Balaban J connectivity index is 1.65. The fourth-order valence-corrected chi connectivity index (χ4v) is 3.15. The van der Waals surface area contributed by atoms with E-state index in [0.717, 1.165) is 23.6 Å². The van der Waals surface area contributed by atoms with Gasteiger partial charge < -0.3 is 15.0 Å². The molecule has 1 aromatic carbocycles. The lowest BCUT2D eigenvalue weighted by Crippen LogP contribution is -2.38. The molecule has 1 aromatic heterocycles. The second-order valence-electron chi connectivity index (χ2n) is 6.70. The van der Waals surface area contributed by atoms with Crippen molar-refractivity contribution in [1.29, 1.82) is 0 Å². The summed E-state index contributed by atoms with van der Waals surface area (Å²) in [6.07, 6.45) is -3.35. The Morgan fingerprint density at radius 3 is 2.46 bits per heavy atom. The number of carbonyl (C=O) groups excluding carboxylic acids is 1. The number of nitrogens with zero attached hydrogens (tertiary/aromatic N) is 3. The van der Waals surface area contributed by atoms with Gasteiger partial charge in [0.1, 0.15) is 5.75 Å². The van der Waals surface area contributed by atoms with Crippen LogP contribution in [0.5, 0.6) is 5.75 Å². The van der Waals surface area contributed by atoms with Gasteiger partial charge in [-0.2, -0.15) is 18.3 Å². The SMILES string of the molecule is COc1ccc(C(F)(F)F)cc1NC(=O)C1CCN(c2ccc(C)nn2)CC1. The van der Waals surface area contributed by atoms with Crippen molar-refractivity contribution < 1.29 is 22.7 Å². The first kappa shape index (κ1) is 19.9. The van der Waals surface area contributed by atoms with Gasteiger partial charge in [-0.1, -0.05) is 0 Å². The number of alkyl halides is 3. The first-order chi connectivity index (χ1) is 13.3. The summed E-state index contributed by atoms with van der Waals surface area (Å²) in [5, 5.41) is 10.8. The molecule has 1 aliphatic rings. The fourth-order valence-electron chi connectivity index (χ4n) is 3.15. The third-order valence-corrected chi connectivity index (χ3v) is 4.76. The van der Waals surface area contributed by atoms with Crippen LogP contribution < -0.4 is 15.0 Å². The van der Waals surface area contributed by atoms with Crippen molar-refractivity contribution in [2.45, 2.75) is 25.9 Å². The lowest BCUT2D eigenvalue weighted by Gasteiger charge is -2.31. The van der Waals surface area contributed by atoms with Crippen LogP contribution in [0.15, 0.2) is 30.3 Å². The molecule has 0 bridgehead atoms. The van der Waals surface area contributed by atoms with E-state index in [2.05, 4.69) is 15.5 Å². The van der Waals surface area contributed by atoms with E-state index in [4.69, 9.17) is 4.74 Å². The zero-order valence-corrected chi connectivity index (χ0v) is 15.6. The number of carbonyl (C=O) groups is 1. The number of anilines is 2. The molecule has 3 rings (SSSR count). The Kier molecular flexibility index (Phi) is 5.71. The van der Waals surface area contributed by atoms with Crippen molar-refractivity contribution in [3.05, 3.63) is 41.6 Å². The molecule has 0 saturated carbocycles. The highest BCUT2D eigenvalue weighted by Crippen LogP contribution is 2.35. The van der Waals surface area contributed by atoms with Gasteiger partial charge >= 0.3 is 6.18 Å². The van der Waals surface area contributed by atoms with Gasteiger partial charge in [-0.15, -0.1) is 5.10 Å². The normalized spacial score (nSPS) is 15.4. The summed E-state index contributed by atoms with van der Waals surface area (Å²) >= 11 is 0. The number of aromatic nitrogens is 2. The molecule has 0 atom stereocenters. The zero-order chi connectivity index (χ0) is 20.3. The summed E-state index contributed by atoms with van der Waals surface area (Å²) in [5.41, 5.74) is 0.0126. The standard InChI is InChI=1S/C19H21F3N4O2/c1-12-3-6-17(25-24-12)26-9-7-13(8-10-26)18(27)23-15-11-14(19(20,21)22)4-5-16(15)28-2/h3-6,11,13H,7-10H2,1-2H3,(H,23,27). The molecule has 1 amide bonds. The van der Waals surface area contributed by atoms with E-state index in [1.165, 1.54) is 13.2 Å². The molecule has 150 valence electrons. The lowest BCUT2D eigenvalue weighted by molar-refractivity contribution is -0.137. The molecule has 1 saturated heterocycles. The van der Waals surface area contributed by atoms with Crippen molar-refractivity contribution in [3.8, 4) is 5.75 Å². The molecule has 9 heteroatoms. The first-order valence-electron chi connectivity index (χ1n) is 8.89. The van der Waals surface area contributed by atoms with E-state index in [9.17, 15) is 18.0 Å². The number of halogens is 3. The Labute approximate surface area is 160 Å². The number of hydrogen-bond donors (Lipinski definition) is 1. The van der Waals surface area contributed by atoms with E-state index >= 15 is 0 Å². The highest BCUT2D eigenvalue weighted by molar-refractivity contribution is 5.94. The average Bonchev–Trinajstić information content (AvgIpc) is 2.68. The maximum Gasteiger partial charge on any atom is 0.416 e. The maximum atomic E-state index is 13.0. The second-order valence-corrected chi connectivity index (χ2v) is 6.70. The van der Waals surface area contributed by atoms with Gasteiger partial charge in [-0.3, -0.25) is 4.79 Å². The minimum absolute atomic E-state index is 0.0224. The smallest absolute Gasteiger partial charge is 0.416 e. The van der Waals surface area contributed by atoms with E-state index in [-0.39, 0.29) is 23.3 Å². The molecular formula is C19H21F3N4O2. The van der Waals surface area contributed by atoms with Crippen molar-refractivity contribution in [1.82, 2.24) is 10.2 Å². The van der Waals surface area contributed by atoms with Crippen molar-refractivity contribution in [3.63, 3.8) is 0 Å². The molecular weight excluding hydrogens is 373 g/mol. The number of methoxy groups -OCH3 is 1. The number of benzene rings is 1. The number of amides is 1. The number of rotatable bonds is 4. The molecule has 2 heterocycles. The molecule has 0 unspecified atom stereocenters. The van der Waals surface area contributed by atoms with Crippen LogP contribution in [0.2, 0.25) is 0 Å². The minimum Gasteiger partial charge on any atom is -0.495 e. The zero-order valence-electron chi connectivity index (χ0n) is 15.6. The first-order valence-corrected chi connectivity index (χ1v) is 8.89. The molecule has 1 aliphatic heterocycles. The maximum absolute atomic E-state index is 13.0. The summed E-state index contributed by atoms with van der Waals surface area (Å²) in [5.74, 6) is 0.332. The van der Waals surface area contributed by atoms with Crippen LogP contribution in [0.25, 0.3) is 0 Å². The molecule has 1 fully saturated rings. The summed E-state index contributed by atoms with van der Waals surface area (Å²) < 4.78 is 43.9. The Morgan fingerprint density at radius 1 is 1.18 bits per heavy atom. The molecule has 1 N–H and O–H groups in total. The van der Waals surface area contributed by atoms with Crippen LogP contribution >= 0.6 is 0 Å². The third-order valence-electron chi connectivity index (χ3n) is 4.76. The van der Waals surface area contributed by atoms with Gasteiger partial charge in [-0.05, 0) is 50.1 Å². The summed E-state index contributed by atoms with van der Waals surface area (Å²) in [6.45, 7) is 3.10. The quantitative estimate of drug-likeness (QED) is 0.857. The molecule has 28 heavy (non-hydrogen) atoms.